The molecule has 0 radical (unpaired) electrons. The third kappa shape index (κ3) is 22.5. The van der Waals surface area contributed by atoms with E-state index in [1.807, 2.05) is 204 Å². The van der Waals surface area contributed by atoms with Crippen LogP contribution in [0.4, 0.5) is 28.4 Å². The van der Waals surface area contributed by atoms with Gasteiger partial charge in [0.1, 0.15) is 0 Å². The van der Waals surface area contributed by atoms with Crippen LogP contribution in [-0.4, -0.2) is 121 Å². The number of aliphatic carboxylic acids is 1. The number of nitrogens with two attached hydrogens (primary N) is 1. The predicted octanol–water partition coefficient (Wildman–Crippen LogP) is 21.5. The van der Waals surface area contributed by atoms with Gasteiger partial charge in [0.25, 0.3) is 49.1 Å². The van der Waals surface area contributed by atoms with E-state index in [1.165, 1.54) is 34.9 Å². The van der Waals surface area contributed by atoms with Crippen LogP contribution in [0.2, 0.25) is 0 Å². The Morgan fingerprint density at radius 2 is 0.626 bits per heavy atom. The molecule has 714 valence electrons. The summed E-state index contributed by atoms with van der Waals surface area (Å²) in [5.41, 5.74) is 25.4. The van der Waals surface area contributed by atoms with E-state index < -0.39 is 55.1 Å². The van der Waals surface area contributed by atoms with Crippen LogP contribution in [0, 0.1) is 17.8 Å². The molecule has 0 saturated heterocycles. The minimum absolute atomic E-state index is 0.000611. The zero-order valence-electron chi connectivity index (χ0n) is 78.3. The number of ketones is 3. The normalized spacial score (nSPS) is 15.6. The van der Waals surface area contributed by atoms with Crippen molar-refractivity contribution in [1.29, 1.82) is 0 Å². The molecular weight excluding hydrogens is 1870 g/mol. The van der Waals surface area contributed by atoms with E-state index in [0.717, 1.165) is 137 Å². The number of amides is 1. The molecule has 0 aliphatic heterocycles. The lowest BCUT2D eigenvalue weighted by Crippen LogP contribution is -2.21. The zero-order chi connectivity index (χ0) is 99.5. The van der Waals surface area contributed by atoms with Crippen LogP contribution < -0.4 is 24.6 Å². The van der Waals surface area contributed by atoms with Crippen LogP contribution in [-0.2, 0) is 97.3 Å². The van der Waals surface area contributed by atoms with Crippen molar-refractivity contribution < 1.29 is 71.2 Å². The molecule has 3 unspecified atom stereocenters. The first-order valence-electron chi connectivity index (χ1n) is 45.3. The SMILES string of the molecule is CC1=C(CC(=O)N(C)C)c2cc(S(=O)(=O)Nc3cccc4ccccc34)ccc2C1.CC1=C(CC(=O)O)c2cc(S(=O)(=O)Nc3cccc4ccccc34)ccc2C1.CC1=C(CCN(C)C)c2cc(S(=O)(=O)Nc3cccc4ccccc34)ccc2C1.CC1Cc2ccc(N)cc2C1=O.CC1Cc2ccc(S(=O)(=O)Cl)cc2C1=O.CC1Cc2ccc(S(=O)(=O)Nc3cccc4ccccc34)cc2C1=O. The number of rotatable bonds is 20. The predicted molar refractivity (Wildman–Crippen MR) is 554 cm³/mol. The summed E-state index contributed by atoms with van der Waals surface area (Å²) in [5, 5.41) is 16.4. The lowest BCUT2D eigenvalue weighted by Gasteiger charge is -2.14. The average molecular weight is 1980 g/mol. The second-order valence-corrected chi connectivity index (χ2v) is 45.6. The lowest BCUT2D eigenvalue weighted by molar-refractivity contribution is -0.135. The second kappa shape index (κ2) is 41.1. The standard InChI is InChI=1S/C24H24N2O3S.C24H26N2O2S.C22H19NO4S.C20H17NO3S.C10H9ClO3S.C10H11NO/c1-16-13-18-11-12-19(14-22(18)21(16)15-24(27)26(2)3)30(28,29)25-23-10-6-8-17-7-4-5-9-20(17)23;1-17-15-19-11-12-20(16-23(19)21(17)13-14-26(2)3)29(27,28)25-24-10-6-8-18-7-4-5-9-22(18)24;1-14-11-16-9-10-17(12-20(16)19(14)13-22(24)25)28(26,27)23-21-8-4-6-15-5-2-3-7-18(15)21;1-13-11-15-9-10-16(12-18(15)20(13)22)25(23,24)21-19-8-4-6-14-5-2-3-7-17(14)19;1-6-4-7-2-3-8(15(11,13)14)5-9(7)10(6)12;1-6-4-7-2-3-8(11)5-9(7)10(6)12/h4-12,14,25H,13,15H2,1-3H3;4-12,16,25H,13-15H2,1-3H3;2-10,12,23H,11,13H2,1H3,(H,24,25);2-10,12-13,21H,11H2,1H3;2-3,5-6H,4H2,1H3;2-3,5-6H,4,11H2,1H3. The molecule has 6 aliphatic carbocycles. The van der Waals surface area contributed by atoms with Crippen molar-refractivity contribution in [2.24, 2.45) is 17.8 Å². The smallest absolute Gasteiger partial charge is 0.307 e. The lowest BCUT2D eigenvalue weighted by atomic mass is 10.0. The first-order chi connectivity index (χ1) is 66.0. The summed E-state index contributed by atoms with van der Waals surface area (Å²) >= 11 is 0. The highest BCUT2D eigenvalue weighted by molar-refractivity contribution is 8.13. The van der Waals surface area contributed by atoms with Gasteiger partial charge in [0, 0.05) is 93.0 Å². The average Bonchev–Trinajstić information content (AvgIpc) is 1.69. The number of anilines is 5. The number of nitrogens with zero attached hydrogens (tertiary/aromatic N) is 2. The number of halogens is 1. The van der Waals surface area contributed by atoms with Crippen LogP contribution in [0.15, 0.2) is 320 Å². The molecule has 0 spiro atoms. The minimum Gasteiger partial charge on any atom is -0.481 e. The van der Waals surface area contributed by atoms with Gasteiger partial charge in [-0.05, 0) is 265 Å². The number of nitrogen functional groups attached to an aromatic ring is 1. The third-order valence-electron chi connectivity index (χ3n) is 25.8. The van der Waals surface area contributed by atoms with E-state index in [1.54, 1.807) is 110 Å². The van der Waals surface area contributed by atoms with Crippen LogP contribution in [0.5, 0.6) is 0 Å². The van der Waals surface area contributed by atoms with Gasteiger partial charge >= 0.3 is 5.97 Å². The highest BCUT2D eigenvalue weighted by Crippen LogP contribution is 2.43. The molecule has 14 aromatic carbocycles. The molecule has 23 nitrogen and oxygen atoms in total. The summed E-state index contributed by atoms with van der Waals surface area (Å²) in [6.07, 6.45) is 5.58. The molecule has 3 atom stereocenters. The number of sulfonamides is 4. The number of carboxylic acids is 1. The van der Waals surface area contributed by atoms with Crippen molar-refractivity contribution in [1.82, 2.24) is 9.80 Å². The van der Waals surface area contributed by atoms with Crippen LogP contribution in [0.25, 0.3) is 59.8 Å². The molecule has 14 aromatic rings. The number of benzene rings is 14. The molecule has 139 heavy (non-hydrogen) atoms. The molecule has 0 fully saturated rings. The van der Waals surface area contributed by atoms with E-state index >= 15 is 0 Å². The highest BCUT2D eigenvalue weighted by Gasteiger charge is 2.34. The van der Waals surface area contributed by atoms with Gasteiger partial charge in [-0.15, -0.1) is 0 Å². The van der Waals surface area contributed by atoms with Gasteiger partial charge in [0.15, 0.2) is 17.3 Å². The number of fused-ring (bicyclic) bond motifs is 10. The summed E-state index contributed by atoms with van der Waals surface area (Å²) < 4.78 is 137. The van der Waals surface area contributed by atoms with Gasteiger partial charge < -0.3 is 20.6 Å². The fourth-order valence-electron chi connectivity index (χ4n) is 18.4. The summed E-state index contributed by atoms with van der Waals surface area (Å²) in [4.78, 5) is 63.2. The number of allylic oxidation sites excluding steroid dienone is 3. The molecule has 0 saturated carbocycles. The van der Waals surface area contributed by atoms with E-state index in [4.69, 9.17) is 16.4 Å². The van der Waals surface area contributed by atoms with Crippen molar-refractivity contribution in [2.45, 2.75) is 124 Å². The third-order valence-corrected chi connectivity index (χ3v) is 32.6. The Kier molecular flexibility index (Phi) is 29.5. The Hall–Kier alpha value is -13.7. The van der Waals surface area contributed by atoms with Crippen molar-refractivity contribution in [3.63, 3.8) is 0 Å². The van der Waals surface area contributed by atoms with Gasteiger partial charge in [-0.2, -0.15) is 0 Å². The largest absolute Gasteiger partial charge is 0.481 e. The molecule has 6 aliphatic rings. The summed E-state index contributed by atoms with van der Waals surface area (Å²) in [6, 6.07) is 83.2. The van der Waals surface area contributed by atoms with Crippen LogP contribution in [0.3, 0.4) is 0 Å². The molecular formula is C110H106ClN7O16S5. The maximum atomic E-state index is 13.2. The van der Waals surface area contributed by atoms with Crippen molar-refractivity contribution in [2.75, 3.05) is 59.4 Å². The van der Waals surface area contributed by atoms with Crippen molar-refractivity contribution >= 4 is 177 Å². The minimum atomic E-state index is -3.82. The molecule has 0 bridgehead atoms. The number of carboxylic acid groups (broad SMARTS) is 1. The van der Waals surface area contributed by atoms with Gasteiger partial charge in [0.05, 0.1) is 60.1 Å². The van der Waals surface area contributed by atoms with Crippen molar-refractivity contribution in [3.05, 3.63) is 363 Å². The monoisotopic (exact) mass is 1980 g/mol. The summed E-state index contributed by atoms with van der Waals surface area (Å²) in [6.45, 7) is 12.6. The van der Waals surface area contributed by atoms with E-state index in [9.17, 15) is 71.2 Å². The fraction of sp³-hybridized carbons (Fsp3) is 0.209. The quantitative estimate of drug-likeness (QED) is 0.0305. The Bertz CT molecular complexity index is 8050. The fourth-order valence-corrected chi connectivity index (χ4v) is 23.6. The highest BCUT2D eigenvalue weighted by atomic mass is 35.7. The van der Waals surface area contributed by atoms with Crippen LogP contribution in [0.1, 0.15) is 142 Å². The molecule has 20 rings (SSSR count). The molecule has 1 amide bonds. The maximum Gasteiger partial charge on any atom is 0.307 e. The molecule has 7 N–H and O–H groups in total. The topological polar surface area (TPSA) is 357 Å². The van der Waals surface area contributed by atoms with E-state index in [2.05, 4.69) is 44.8 Å². The number of carbonyl (C=O) groups excluding carboxylic acids is 4. The number of hydrogen-bond donors (Lipinski definition) is 6. The maximum absolute atomic E-state index is 13.2. The Morgan fingerprint density at radius 3 is 0.950 bits per heavy atom. The Balaban J connectivity index is 0.000000129. The number of carbonyl (C=O) groups is 5. The van der Waals surface area contributed by atoms with Gasteiger partial charge in [-0.1, -0.05) is 219 Å². The van der Waals surface area contributed by atoms with E-state index in [-0.39, 0.29) is 73.4 Å². The number of hydrogen-bond acceptors (Lipinski definition) is 17. The molecule has 0 heterocycles. The van der Waals surface area contributed by atoms with Gasteiger partial charge in [-0.25, -0.2) is 42.1 Å². The second-order valence-electron chi connectivity index (χ2n) is 36.3. The molecule has 29 heteroatoms. The summed E-state index contributed by atoms with van der Waals surface area (Å²) in [5.74, 6) is -0.695. The van der Waals surface area contributed by atoms with Gasteiger partial charge in [-0.3, -0.25) is 42.9 Å². The van der Waals surface area contributed by atoms with Gasteiger partial charge in [0.2, 0.25) is 5.91 Å². The Labute approximate surface area is 815 Å². The summed E-state index contributed by atoms with van der Waals surface area (Å²) in [7, 11) is -6.02. The number of nitrogens with one attached hydrogen (secondary N) is 4. The van der Waals surface area contributed by atoms with Crippen LogP contribution >= 0.6 is 10.7 Å². The Morgan fingerprint density at radius 1 is 0.353 bits per heavy atom. The van der Waals surface area contributed by atoms with Crippen molar-refractivity contribution in [3.8, 4) is 0 Å². The number of Topliss-reactive ketones (excluding diaryl/α,β-unsaturated/α-hetero) is 3. The molecule has 0 aromatic heterocycles. The van der Waals surface area contributed by atoms with E-state index in [0.29, 0.717) is 74.9 Å². The zero-order valence-corrected chi connectivity index (χ0v) is 83.2. The first-order valence-corrected chi connectivity index (χ1v) is 53.5. The first kappa shape index (κ1) is 99.8.